The molecule has 2 aromatic carbocycles. The van der Waals surface area contributed by atoms with Gasteiger partial charge in [0.25, 0.3) is 5.69 Å². The molecule has 0 fully saturated rings. The zero-order valence-electron chi connectivity index (χ0n) is 13.2. The predicted molar refractivity (Wildman–Crippen MR) is 91.9 cm³/mol. The minimum absolute atomic E-state index is 0.0160. The summed E-state index contributed by atoms with van der Waals surface area (Å²) in [6.45, 7) is 0. The average molecular weight is 346 g/mol. The van der Waals surface area contributed by atoms with E-state index in [1.54, 1.807) is 0 Å². The number of hydrogen-bond donors (Lipinski definition) is 1. The fourth-order valence-corrected chi connectivity index (χ4v) is 3.75. The second-order valence-electron chi connectivity index (χ2n) is 6.00. The molecular formula is C17H18N2O4S. The second-order valence-corrected chi connectivity index (χ2v) is 8.01. The summed E-state index contributed by atoms with van der Waals surface area (Å²) in [5, 5.41) is 14.6. The van der Waals surface area contributed by atoms with Gasteiger partial charge in [-0.1, -0.05) is 24.3 Å². The van der Waals surface area contributed by atoms with Crippen LogP contribution in [0.1, 0.15) is 30.0 Å². The van der Waals surface area contributed by atoms with Crippen LogP contribution in [-0.2, 0) is 16.3 Å². The van der Waals surface area contributed by atoms with E-state index < -0.39 is 14.8 Å². The van der Waals surface area contributed by atoms with Crippen molar-refractivity contribution >= 4 is 21.2 Å². The van der Waals surface area contributed by atoms with Crippen LogP contribution in [0.2, 0.25) is 0 Å². The van der Waals surface area contributed by atoms with Crippen molar-refractivity contribution in [3.8, 4) is 0 Å². The highest BCUT2D eigenvalue weighted by atomic mass is 32.2. The Balaban J connectivity index is 1.98. The van der Waals surface area contributed by atoms with Crippen LogP contribution < -0.4 is 5.32 Å². The van der Waals surface area contributed by atoms with Gasteiger partial charge in [0.05, 0.1) is 15.9 Å². The monoisotopic (exact) mass is 346 g/mol. The van der Waals surface area contributed by atoms with Gasteiger partial charge in [-0.05, 0) is 42.5 Å². The number of aryl methyl sites for hydroxylation is 1. The van der Waals surface area contributed by atoms with Crippen LogP contribution in [0.4, 0.5) is 11.4 Å². The molecule has 6 nitrogen and oxygen atoms in total. The van der Waals surface area contributed by atoms with Crippen LogP contribution in [0.5, 0.6) is 0 Å². The Morgan fingerprint density at radius 3 is 2.67 bits per heavy atom. The van der Waals surface area contributed by atoms with Gasteiger partial charge in [-0.2, -0.15) is 0 Å². The van der Waals surface area contributed by atoms with Gasteiger partial charge < -0.3 is 5.32 Å². The number of fused-ring (bicyclic) bond motifs is 1. The van der Waals surface area contributed by atoms with E-state index in [-0.39, 0.29) is 16.6 Å². The fourth-order valence-electron chi connectivity index (χ4n) is 3.11. The summed E-state index contributed by atoms with van der Waals surface area (Å²) in [6.07, 6.45) is 3.92. The Morgan fingerprint density at radius 2 is 1.96 bits per heavy atom. The summed E-state index contributed by atoms with van der Waals surface area (Å²) in [5.41, 5.74) is 2.51. The fraction of sp³-hybridized carbons (Fsp3) is 0.294. The molecule has 126 valence electrons. The zero-order valence-corrected chi connectivity index (χ0v) is 14.0. The minimum Gasteiger partial charge on any atom is -0.373 e. The Bertz CT molecular complexity index is 893. The van der Waals surface area contributed by atoms with Gasteiger partial charge >= 0.3 is 0 Å². The zero-order chi connectivity index (χ0) is 17.3. The van der Waals surface area contributed by atoms with Gasteiger partial charge in [-0.25, -0.2) is 8.42 Å². The summed E-state index contributed by atoms with van der Waals surface area (Å²) in [4.78, 5) is 10.8. The lowest BCUT2D eigenvalue weighted by atomic mass is 9.87. The third-order valence-electron chi connectivity index (χ3n) is 4.29. The lowest BCUT2D eigenvalue weighted by Crippen LogP contribution is -2.18. The number of nitro benzene ring substituents is 1. The molecule has 0 aliphatic heterocycles. The van der Waals surface area contributed by atoms with Crippen molar-refractivity contribution in [3.05, 3.63) is 63.7 Å². The van der Waals surface area contributed by atoms with Crippen molar-refractivity contribution in [2.24, 2.45) is 0 Å². The maximum Gasteiger partial charge on any atom is 0.293 e. The molecule has 1 N–H and O–H groups in total. The minimum atomic E-state index is -3.49. The SMILES string of the molecule is CS(=O)(=O)c1ccc(NC2CCCc3ccccc32)c([N+](=O)[O-])c1. The smallest absolute Gasteiger partial charge is 0.293 e. The summed E-state index contributed by atoms with van der Waals surface area (Å²) in [5.74, 6) is 0. The summed E-state index contributed by atoms with van der Waals surface area (Å²) >= 11 is 0. The molecule has 1 aliphatic carbocycles. The quantitative estimate of drug-likeness (QED) is 0.676. The van der Waals surface area contributed by atoms with Crippen LogP contribution in [0, 0.1) is 10.1 Å². The van der Waals surface area contributed by atoms with Crippen LogP contribution in [0.25, 0.3) is 0 Å². The van der Waals surface area contributed by atoms with Crippen molar-refractivity contribution in [2.75, 3.05) is 11.6 Å². The summed E-state index contributed by atoms with van der Waals surface area (Å²) in [7, 11) is -3.49. The van der Waals surface area contributed by atoms with Crippen molar-refractivity contribution < 1.29 is 13.3 Å². The summed E-state index contributed by atoms with van der Waals surface area (Å²) < 4.78 is 23.3. The highest BCUT2D eigenvalue weighted by Crippen LogP contribution is 2.36. The second kappa shape index (κ2) is 6.24. The molecule has 1 aliphatic rings. The van der Waals surface area contributed by atoms with E-state index in [0.717, 1.165) is 37.1 Å². The molecule has 0 saturated carbocycles. The normalized spacial score (nSPS) is 17.1. The molecule has 1 atom stereocenters. The number of rotatable bonds is 4. The molecule has 0 heterocycles. The largest absolute Gasteiger partial charge is 0.373 e. The maximum atomic E-state index is 11.6. The number of anilines is 1. The number of nitro groups is 1. The van der Waals surface area contributed by atoms with E-state index in [1.807, 2.05) is 18.2 Å². The van der Waals surface area contributed by atoms with E-state index in [2.05, 4.69) is 11.4 Å². The molecule has 0 radical (unpaired) electrons. The molecule has 2 aromatic rings. The molecule has 24 heavy (non-hydrogen) atoms. The van der Waals surface area contributed by atoms with Crippen LogP contribution in [0.15, 0.2) is 47.4 Å². The number of nitrogens with zero attached hydrogens (tertiary/aromatic N) is 1. The summed E-state index contributed by atoms with van der Waals surface area (Å²) in [6, 6.07) is 12.0. The first kappa shape index (κ1) is 16.4. The Labute approximate surface area is 140 Å². The van der Waals surface area contributed by atoms with Crippen molar-refractivity contribution in [2.45, 2.75) is 30.2 Å². The number of sulfone groups is 1. The maximum absolute atomic E-state index is 11.6. The third kappa shape index (κ3) is 3.26. The van der Waals surface area contributed by atoms with E-state index >= 15 is 0 Å². The number of nitrogens with one attached hydrogen (secondary N) is 1. The topological polar surface area (TPSA) is 89.3 Å². The molecule has 0 spiro atoms. The van der Waals surface area contributed by atoms with Crippen molar-refractivity contribution in [1.29, 1.82) is 0 Å². The Kier molecular flexibility index (Phi) is 4.28. The van der Waals surface area contributed by atoms with Gasteiger partial charge in [-0.15, -0.1) is 0 Å². The van der Waals surface area contributed by atoms with Gasteiger partial charge in [0.15, 0.2) is 9.84 Å². The Hall–Kier alpha value is -2.41. The van der Waals surface area contributed by atoms with E-state index in [4.69, 9.17) is 0 Å². The highest BCUT2D eigenvalue weighted by Gasteiger charge is 2.24. The average Bonchev–Trinajstić information content (AvgIpc) is 2.54. The lowest BCUT2D eigenvalue weighted by molar-refractivity contribution is -0.384. The van der Waals surface area contributed by atoms with Gasteiger partial charge in [0.2, 0.25) is 0 Å². The molecule has 3 rings (SSSR count). The molecule has 0 saturated heterocycles. The van der Waals surface area contributed by atoms with Crippen LogP contribution in [0.3, 0.4) is 0 Å². The first-order valence-electron chi connectivity index (χ1n) is 7.69. The third-order valence-corrected chi connectivity index (χ3v) is 5.40. The predicted octanol–water partition coefficient (Wildman–Crippen LogP) is 3.49. The first-order chi connectivity index (χ1) is 11.4. The van der Waals surface area contributed by atoms with Gasteiger partial charge in [0.1, 0.15) is 5.69 Å². The highest BCUT2D eigenvalue weighted by molar-refractivity contribution is 7.90. The van der Waals surface area contributed by atoms with E-state index in [0.29, 0.717) is 5.69 Å². The molecule has 1 unspecified atom stereocenters. The van der Waals surface area contributed by atoms with E-state index in [1.165, 1.54) is 17.7 Å². The lowest BCUT2D eigenvalue weighted by Gasteiger charge is -2.27. The molecule has 0 aromatic heterocycles. The number of benzene rings is 2. The number of hydrogen-bond acceptors (Lipinski definition) is 5. The van der Waals surface area contributed by atoms with Crippen molar-refractivity contribution in [1.82, 2.24) is 0 Å². The van der Waals surface area contributed by atoms with Gasteiger partial charge in [-0.3, -0.25) is 10.1 Å². The molecule has 0 bridgehead atoms. The van der Waals surface area contributed by atoms with Crippen LogP contribution in [-0.4, -0.2) is 19.6 Å². The standard InChI is InChI=1S/C17H18N2O4S/c1-24(22,23)13-9-10-16(17(11-13)19(20)21)18-15-8-4-6-12-5-2-3-7-14(12)15/h2-3,5,7,9-11,15,18H,4,6,8H2,1H3. The molecular weight excluding hydrogens is 328 g/mol. The van der Waals surface area contributed by atoms with Gasteiger partial charge in [0, 0.05) is 12.3 Å². The van der Waals surface area contributed by atoms with Crippen LogP contribution >= 0.6 is 0 Å². The van der Waals surface area contributed by atoms with Crippen molar-refractivity contribution in [3.63, 3.8) is 0 Å². The molecule has 7 heteroatoms. The molecule has 0 amide bonds. The first-order valence-corrected chi connectivity index (χ1v) is 9.58. The van der Waals surface area contributed by atoms with E-state index in [9.17, 15) is 18.5 Å². The Morgan fingerprint density at radius 1 is 1.21 bits per heavy atom.